The van der Waals surface area contributed by atoms with E-state index < -0.39 is 5.60 Å². The molecule has 0 fully saturated rings. The Morgan fingerprint density at radius 1 is 1.37 bits per heavy atom. The first-order chi connectivity index (χ1) is 9.06. The number of imidazole rings is 1. The normalized spacial score (nSPS) is 13.8. The maximum atomic E-state index is 10.6. The van der Waals surface area contributed by atoms with Gasteiger partial charge in [-0.15, -0.1) is 0 Å². The van der Waals surface area contributed by atoms with Crippen LogP contribution in [0.25, 0.3) is 0 Å². The highest BCUT2D eigenvalue weighted by molar-refractivity contribution is 5.34. The van der Waals surface area contributed by atoms with Crippen LogP contribution in [0.15, 0.2) is 36.7 Å². The van der Waals surface area contributed by atoms with Gasteiger partial charge in [0.25, 0.3) is 0 Å². The SMILES string of the molecule is CCn1ccnc1CC(C)(O)c1ccc(C#N)cc1. The van der Waals surface area contributed by atoms with Crippen molar-refractivity contribution < 1.29 is 5.11 Å². The second-order valence-electron chi connectivity index (χ2n) is 4.77. The fourth-order valence-corrected chi connectivity index (χ4v) is 2.11. The van der Waals surface area contributed by atoms with Crippen LogP contribution in [0.3, 0.4) is 0 Å². The lowest BCUT2D eigenvalue weighted by Crippen LogP contribution is -2.26. The van der Waals surface area contributed by atoms with E-state index in [4.69, 9.17) is 5.26 Å². The standard InChI is InChI=1S/C15H17N3O/c1-3-18-9-8-17-14(18)10-15(2,19)13-6-4-12(11-16)5-7-13/h4-9,19H,3,10H2,1-2H3. The Labute approximate surface area is 113 Å². The minimum Gasteiger partial charge on any atom is -0.385 e. The quantitative estimate of drug-likeness (QED) is 0.911. The van der Waals surface area contributed by atoms with E-state index in [0.717, 1.165) is 17.9 Å². The van der Waals surface area contributed by atoms with E-state index in [2.05, 4.69) is 11.1 Å². The van der Waals surface area contributed by atoms with Gasteiger partial charge in [-0.2, -0.15) is 5.26 Å². The van der Waals surface area contributed by atoms with E-state index in [1.807, 2.05) is 17.7 Å². The van der Waals surface area contributed by atoms with Crippen LogP contribution in [0.4, 0.5) is 0 Å². The molecule has 0 amide bonds. The van der Waals surface area contributed by atoms with E-state index in [1.165, 1.54) is 0 Å². The molecule has 1 N–H and O–H groups in total. The Balaban J connectivity index is 2.24. The van der Waals surface area contributed by atoms with Crippen molar-refractivity contribution >= 4 is 0 Å². The lowest BCUT2D eigenvalue weighted by Gasteiger charge is -2.24. The maximum absolute atomic E-state index is 10.6. The third-order valence-corrected chi connectivity index (χ3v) is 3.28. The first-order valence-electron chi connectivity index (χ1n) is 6.30. The number of benzene rings is 1. The summed E-state index contributed by atoms with van der Waals surface area (Å²) in [6.45, 7) is 4.64. The molecule has 1 heterocycles. The zero-order valence-corrected chi connectivity index (χ0v) is 11.2. The van der Waals surface area contributed by atoms with Crippen LogP contribution in [0.2, 0.25) is 0 Å². The second-order valence-corrected chi connectivity index (χ2v) is 4.77. The number of rotatable bonds is 4. The monoisotopic (exact) mass is 255 g/mol. The van der Waals surface area contributed by atoms with Gasteiger partial charge >= 0.3 is 0 Å². The van der Waals surface area contributed by atoms with Crippen LogP contribution in [0, 0.1) is 11.3 Å². The van der Waals surface area contributed by atoms with Crippen LogP contribution in [-0.4, -0.2) is 14.7 Å². The van der Waals surface area contributed by atoms with Crippen molar-refractivity contribution in [2.75, 3.05) is 0 Å². The molecular weight excluding hydrogens is 238 g/mol. The molecule has 19 heavy (non-hydrogen) atoms. The predicted octanol–water partition coefficient (Wildman–Crippen LogP) is 2.22. The second kappa shape index (κ2) is 5.25. The average Bonchev–Trinajstić information content (AvgIpc) is 2.85. The maximum Gasteiger partial charge on any atom is 0.111 e. The van der Waals surface area contributed by atoms with Gasteiger partial charge in [-0.1, -0.05) is 12.1 Å². The highest BCUT2D eigenvalue weighted by Gasteiger charge is 2.25. The zero-order valence-electron chi connectivity index (χ0n) is 11.2. The Morgan fingerprint density at radius 3 is 2.63 bits per heavy atom. The largest absolute Gasteiger partial charge is 0.385 e. The molecule has 1 aromatic heterocycles. The predicted molar refractivity (Wildman–Crippen MR) is 72.3 cm³/mol. The Kier molecular flexibility index (Phi) is 3.68. The van der Waals surface area contributed by atoms with Crippen molar-refractivity contribution in [2.45, 2.75) is 32.4 Å². The van der Waals surface area contributed by atoms with Crippen molar-refractivity contribution in [3.8, 4) is 6.07 Å². The number of aryl methyl sites for hydroxylation is 1. The summed E-state index contributed by atoms with van der Waals surface area (Å²) < 4.78 is 2.01. The number of nitriles is 1. The van der Waals surface area contributed by atoms with Crippen LogP contribution in [-0.2, 0) is 18.6 Å². The lowest BCUT2D eigenvalue weighted by molar-refractivity contribution is 0.0546. The van der Waals surface area contributed by atoms with Gasteiger partial charge in [0.15, 0.2) is 0 Å². The van der Waals surface area contributed by atoms with E-state index in [9.17, 15) is 5.11 Å². The fraction of sp³-hybridized carbons (Fsp3) is 0.333. The molecule has 0 bridgehead atoms. The molecule has 0 aliphatic carbocycles. The summed E-state index contributed by atoms with van der Waals surface area (Å²) in [4.78, 5) is 4.28. The van der Waals surface area contributed by atoms with Crippen molar-refractivity contribution in [1.82, 2.24) is 9.55 Å². The smallest absolute Gasteiger partial charge is 0.111 e. The Hall–Kier alpha value is -2.12. The molecular formula is C15H17N3O. The van der Waals surface area contributed by atoms with Crippen molar-refractivity contribution in [1.29, 1.82) is 5.26 Å². The Bertz CT molecular complexity index is 591. The van der Waals surface area contributed by atoms with Gasteiger partial charge in [0.2, 0.25) is 0 Å². The highest BCUT2D eigenvalue weighted by atomic mass is 16.3. The van der Waals surface area contributed by atoms with Gasteiger partial charge in [0.1, 0.15) is 5.82 Å². The third-order valence-electron chi connectivity index (χ3n) is 3.28. The number of hydrogen-bond donors (Lipinski definition) is 1. The van der Waals surface area contributed by atoms with Crippen LogP contribution in [0.5, 0.6) is 0 Å². The van der Waals surface area contributed by atoms with Crippen molar-refractivity contribution in [2.24, 2.45) is 0 Å². The van der Waals surface area contributed by atoms with Gasteiger partial charge in [-0.05, 0) is 31.5 Å². The van der Waals surface area contributed by atoms with Gasteiger partial charge in [0.05, 0.1) is 17.2 Å². The van der Waals surface area contributed by atoms with Gasteiger partial charge in [-0.3, -0.25) is 0 Å². The summed E-state index contributed by atoms with van der Waals surface area (Å²) in [7, 11) is 0. The highest BCUT2D eigenvalue weighted by Crippen LogP contribution is 2.25. The van der Waals surface area contributed by atoms with E-state index in [-0.39, 0.29) is 0 Å². The molecule has 0 spiro atoms. The summed E-state index contributed by atoms with van der Waals surface area (Å²) in [5.74, 6) is 0.858. The lowest BCUT2D eigenvalue weighted by atomic mass is 9.91. The molecule has 0 saturated carbocycles. The fourth-order valence-electron chi connectivity index (χ4n) is 2.11. The summed E-state index contributed by atoms with van der Waals surface area (Å²) in [5, 5.41) is 19.4. The van der Waals surface area contributed by atoms with Crippen LogP contribution in [0.1, 0.15) is 30.8 Å². The molecule has 1 atom stereocenters. The molecule has 0 aliphatic rings. The summed E-state index contributed by atoms with van der Waals surface area (Å²) in [5.41, 5.74) is 0.387. The molecule has 98 valence electrons. The summed E-state index contributed by atoms with van der Waals surface area (Å²) in [6, 6.07) is 9.09. The van der Waals surface area contributed by atoms with E-state index in [0.29, 0.717) is 12.0 Å². The first kappa shape index (κ1) is 13.3. The minimum atomic E-state index is -0.994. The molecule has 0 radical (unpaired) electrons. The van der Waals surface area contributed by atoms with Crippen LogP contribution < -0.4 is 0 Å². The van der Waals surface area contributed by atoms with E-state index in [1.54, 1.807) is 37.4 Å². The van der Waals surface area contributed by atoms with Crippen molar-refractivity contribution in [3.63, 3.8) is 0 Å². The van der Waals surface area contributed by atoms with Crippen LogP contribution >= 0.6 is 0 Å². The molecule has 0 aliphatic heterocycles. The number of aliphatic hydroxyl groups is 1. The topological polar surface area (TPSA) is 61.8 Å². The third kappa shape index (κ3) is 2.83. The number of aromatic nitrogens is 2. The molecule has 2 rings (SSSR count). The average molecular weight is 255 g/mol. The van der Waals surface area contributed by atoms with Crippen molar-refractivity contribution in [3.05, 3.63) is 53.6 Å². The minimum absolute atomic E-state index is 0.444. The van der Waals surface area contributed by atoms with Gasteiger partial charge in [-0.25, -0.2) is 4.98 Å². The van der Waals surface area contributed by atoms with Gasteiger partial charge in [0, 0.05) is 25.4 Å². The summed E-state index contributed by atoms with van der Waals surface area (Å²) in [6.07, 6.45) is 4.09. The van der Waals surface area contributed by atoms with Gasteiger partial charge < -0.3 is 9.67 Å². The molecule has 1 aromatic carbocycles. The zero-order chi connectivity index (χ0) is 13.9. The van der Waals surface area contributed by atoms with E-state index >= 15 is 0 Å². The first-order valence-corrected chi connectivity index (χ1v) is 6.30. The molecule has 4 heteroatoms. The number of hydrogen-bond acceptors (Lipinski definition) is 3. The molecule has 4 nitrogen and oxygen atoms in total. The molecule has 2 aromatic rings. The Morgan fingerprint density at radius 2 is 2.05 bits per heavy atom. The molecule has 1 unspecified atom stereocenters. The number of nitrogens with zero attached hydrogens (tertiary/aromatic N) is 3. The summed E-state index contributed by atoms with van der Waals surface area (Å²) >= 11 is 0. The molecule has 0 saturated heterocycles.